The number of benzene rings is 2. The van der Waals surface area contributed by atoms with E-state index in [0.717, 1.165) is 37.0 Å². The summed E-state index contributed by atoms with van der Waals surface area (Å²) in [6.07, 6.45) is -0.0534. The molecule has 2 aromatic rings. The van der Waals surface area contributed by atoms with Crippen molar-refractivity contribution in [3.63, 3.8) is 0 Å². The first-order valence-electron chi connectivity index (χ1n) is 13.7. The second-order valence-corrected chi connectivity index (χ2v) is 10.5. The molecule has 2 amide bonds. The zero-order valence-electron chi connectivity index (χ0n) is 23.6. The molecule has 2 aliphatic rings. The third-order valence-corrected chi connectivity index (χ3v) is 8.03. The van der Waals surface area contributed by atoms with Crippen LogP contribution in [0.2, 0.25) is 0 Å². The first-order chi connectivity index (χ1) is 19.0. The average molecular weight is 580 g/mol. The number of aliphatic imine (C=N–C) groups is 1. The number of hydrogen-bond donors (Lipinski definition) is 1. The summed E-state index contributed by atoms with van der Waals surface area (Å²) < 4.78 is 39.4. The van der Waals surface area contributed by atoms with Crippen LogP contribution in [0.1, 0.15) is 91.9 Å². The minimum atomic E-state index is -4.48. The van der Waals surface area contributed by atoms with Crippen molar-refractivity contribution in [2.75, 3.05) is 6.54 Å². The van der Waals surface area contributed by atoms with Gasteiger partial charge >= 0.3 is 35.7 Å². The minimum absolute atomic E-state index is 0. The van der Waals surface area contributed by atoms with Gasteiger partial charge in [-0.15, -0.1) is 0 Å². The van der Waals surface area contributed by atoms with E-state index in [4.69, 9.17) is 4.99 Å². The van der Waals surface area contributed by atoms with Crippen LogP contribution in [0.5, 0.6) is 0 Å². The van der Waals surface area contributed by atoms with Crippen LogP contribution in [0.25, 0.3) is 0 Å². The van der Waals surface area contributed by atoms with Gasteiger partial charge in [-0.1, -0.05) is 44.5 Å². The number of carbonyl (C=O) groups excluding carboxylic acids is 3. The molecule has 11 heteroatoms. The van der Waals surface area contributed by atoms with Crippen molar-refractivity contribution >= 4 is 23.5 Å². The summed E-state index contributed by atoms with van der Waals surface area (Å²) in [5.41, 5.74) is 0.115. The first-order valence-corrected chi connectivity index (χ1v) is 13.7. The van der Waals surface area contributed by atoms with E-state index in [1.165, 1.54) is 12.1 Å². The third kappa shape index (κ3) is 7.21. The van der Waals surface area contributed by atoms with Crippen molar-refractivity contribution in [3.05, 3.63) is 70.8 Å². The van der Waals surface area contributed by atoms with Gasteiger partial charge in [-0.05, 0) is 67.9 Å². The number of nitrogens with zero attached hydrogens (tertiary/aromatic N) is 2. The van der Waals surface area contributed by atoms with E-state index in [1.54, 1.807) is 29.2 Å². The molecule has 1 aliphatic heterocycles. The summed E-state index contributed by atoms with van der Waals surface area (Å²) in [5, 5.41) is 13.1. The molecule has 0 bridgehead atoms. The molecule has 41 heavy (non-hydrogen) atoms. The molecule has 1 spiro atoms. The van der Waals surface area contributed by atoms with Gasteiger partial charge in [-0.2, -0.15) is 13.2 Å². The van der Waals surface area contributed by atoms with E-state index in [-0.39, 0.29) is 60.2 Å². The number of carbonyl (C=O) groups is 3. The summed E-state index contributed by atoms with van der Waals surface area (Å²) in [7, 11) is 0. The van der Waals surface area contributed by atoms with Crippen molar-refractivity contribution in [1.29, 1.82) is 0 Å². The van der Waals surface area contributed by atoms with Crippen molar-refractivity contribution < 1.29 is 62.2 Å². The second kappa shape index (κ2) is 13.5. The van der Waals surface area contributed by atoms with E-state index in [0.29, 0.717) is 36.3 Å². The van der Waals surface area contributed by atoms with E-state index in [1.807, 2.05) is 6.92 Å². The third-order valence-electron chi connectivity index (χ3n) is 8.03. The molecule has 0 unspecified atom stereocenters. The fourth-order valence-corrected chi connectivity index (χ4v) is 5.75. The quantitative estimate of drug-likeness (QED) is 0.457. The Labute approximate surface area is 259 Å². The van der Waals surface area contributed by atoms with Crippen molar-refractivity contribution in [2.24, 2.45) is 10.9 Å². The van der Waals surface area contributed by atoms with Crippen molar-refractivity contribution in [1.82, 2.24) is 10.2 Å². The normalized spacial score (nSPS) is 21.3. The molecule has 0 radical (unpaired) electrons. The predicted octanol–water partition coefficient (Wildman–Crippen LogP) is 1.66. The van der Waals surface area contributed by atoms with Gasteiger partial charge in [-0.3, -0.25) is 14.6 Å². The minimum Gasteiger partial charge on any atom is -0.550 e. The number of alkyl halides is 3. The SMILES string of the molecule is CCC1CCC2(CC1)N=C(c1ccc(C(F)(F)F)cc1)C(=O)N2[C@H](CC)c1ccc(C(=O)NCCC(=O)[O-])cc1.[Na+]. The first kappa shape index (κ1) is 32.8. The Hall–Kier alpha value is -2.69. The van der Waals surface area contributed by atoms with Gasteiger partial charge in [0.05, 0.1) is 11.6 Å². The van der Waals surface area contributed by atoms with E-state index in [2.05, 4.69) is 12.2 Å². The standard InChI is InChI=1S/C30H34F3N3O4.Na/c1-3-19-13-16-29(17-14-19)35-26(21-9-11-23(12-10-21)30(31,32)33)28(40)36(29)24(4-2)20-5-7-22(8-6-20)27(39)34-18-15-25(37)38;/h5-12,19,24H,3-4,13-18H2,1-2H3,(H,34,39)(H,37,38);/q;+1/p-1/t19?,24-,29?;/m1./s1. The Morgan fingerprint density at radius 3 is 2.20 bits per heavy atom. The topological polar surface area (TPSA) is 102 Å². The van der Waals surface area contributed by atoms with Crippen LogP contribution in [0, 0.1) is 5.92 Å². The van der Waals surface area contributed by atoms with Gasteiger partial charge in [0.1, 0.15) is 11.4 Å². The molecule has 1 heterocycles. The van der Waals surface area contributed by atoms with Crippen LogP contribution in [0.15, 0.2) is 53.5 Å². The second-order valence-electron chi connectivity index (χ2n) is 10.5. The van der Waals surface area contributed by atoms with Gasteiger partial charge in [0.2, 0.25) is 0 Å². The van der Waals surface area contributed by atoms with E-state index < -0.39 is 29.3 Å². The molecule has 214 valence electrons. The molecule has 7 nitrogen and oxygen atoms in total. The number of halogens is 3. The largest absolute Gasteiger partial charge is 1.00 e. The zero-order valence-corrected chi connectivity index (χ0v) is 25.6. The number of carboxylic acids is 1. The monoisotopic (exact) mass is 579 g/mol. The molecular formula is C30H33F3N3NaO4. The number of nitrogens with one attached hydrogen (secondary N) is 1. The van der Waals surface area contributed by atoms with E-state index in [9.17, 15) is 32.7 Å². The van der Waals surface area contributed by atoms with Gasteiger partial charge in [-0.25, -0.2) is 0 Å². The molecule has 1 atom stereocenters. The maximum Gasteiger partial charge on any atom is 1.00 e. The number of aliphatic carboxylic acids is 1. The fourth-order valence-electron chi connectivity index (χ4n) is 5.75. The van der Waals surface area contributed by atoms with Crippen LogP contribution in [-0.4, -0.2) is 40.6 Å². The number of rotatable bonds is 9. The predicted molar refractivity (Wildman–Crippen MR) is 141 cm³/mol. The molecule has 1 fully saturated rings. The van der Waals surface area contributed by atoms with Gasteiger partial charge in [0.15, 0.2) is 0 Å². The molecule has 4 rings (SSSR count). The number of hydrogen-bond acceptors (Lipinski definition) is 5. The smallest absolute Gasteiger partial charge is 0.550 e. The number of carboxylic acid groups (broad SMARTS) is 1. The maximum atomic E-state index is 14.0. The van der Waals surface area contributed by atoms with Crippen LogP contribution >= 0.6 is 0 Å². The van der Waals surface area contributed by atoms with E-state index >= 15 is 0 Å². The van der Waals surface area contributed by atoms with Crippen LogP contribution in [0.3, 0.4) is 0 Å². The van der Waals surface area contributed by atoms with Gasteiger partial charge in [0.25, 0.3) is 11.8 Å². The van der Waals surface area contributed by atoms with Gasteiger partial charge < -0.3 is 20.1 Å². The molecule has 2 aromatic carbocycles. The Balaban J connectivity index is 0.00000462. The fraction of sp³-hybridized carbons (Fsp3) is 0.467. The van der Waals surface area contributed by atoms with Gasteiger partial charge in [0, 0.05) is 30.1 Å². The molecule has 0 aromatic heterocycles. The van der Waals surface area contributed by atoms with Crippen LogP contribution in [0.4, 0.5) is 13.2 Å². The zero-order chi connectivity index (χ0) is 29.1. The Morgan fingerprint density at radius 1 is 1.07 bits per heavy atom. The Bertz CT molecular complexity index is 1270. The Morgan fingerprint density at radius 2 is 1.68 bits per heavy atom. The molecule has 1 N–H and O–H groups in total. The summed E-state index contributed by atoms with van der Waals surface area (Å²) in [5.74, 6) is -1.45. The molecule has 0 saturated heterocycles. The Kier molecular flexibility index (Phi) is 10.8. The number of amides is 2. The molecular weight excluding hydrogens is 546 g/mol. The summed E-state index contributed by atoms with van der Waals surface area (Å²) >= 11 is 0. The van der Waals surface area contributed by atoms with Crippen molar-refractivity contribution in [3.8, 4) is 0 Å². The molecule has 1 aliphatic carbocycles. The summed E-state index contributed by atoms with van der Waals surface area (Å²) in [4.78, 5) is 43.8. The van der Waals surface area contributed by atoms with Crippen molar-refractivity contribution in [2.45, 2.75) is 76.7 Å². The van der Waals surface area contributed by atoms with Crippen LogP contribution in [-0.2, 0) is 15.8 Å². The summed E-state index contributed by atoms with van der Waals surface area (Å²) in [6, 6.07) is 11.0. The average Bonchev–Trinajstić information content (AvgIpc) is 3.20. The van der Waals surface area contributed by atoms with Crippen LogP contribution < -0.4 is 40.0 Å². The maximum absolute atomic E-state index is 14.0. The molecule has 1 saturated carbocycles. The summed E-state index contributed by atoms with van der Waals surface area (Å²) in [6.45, 7) is 4.05.